The fraction of sp³-hybridized carbons (Fsp3) is 0.600. The topological polar surface area (TPSA) is 123 Å². The molecule has 4 atom stereocenters. The van der Waals surface area contributed by atoms with E-state index in [2.05, 4.69) is 10.3 Å². The molecule has 0 N–H and O–H groups in total. The van der Waals surface area contributed by atoms with E-state index in [1.54, 1.807) is 27.7 Å². The van der Waals surface area contributed by atoms with E-state index in [-0.39, 0.29) is 26.1 Å². The Morgan fingerprint density at radius 1 is 0.800 bits per heavy atom. The third-order valence-corrected chi connectivity index (χ3v) is 5.53. The molecule has 30 heavy (non-hydrogen) atoms. The normalized spacial score (nSPS) is 25.3. The minimum Gasteiger partial charge on any atom is -0.457 e. The maximum Gasteiger partial charge on any atom is 0.310 e. The fourth-order valence-corrected chi connectivity index (χ4v) is 3.85. The van der Waals surface area contributed by atoms with Gasteiger partial charge in [0.2, 0.25) is 0 Å². The maximum absolute atomic E-state index is 12.4. The van der Waals surface area contributed by atoms with E-state index in [4.69, 9.17) is 28.0 Å². The van der Waals surface area contributed by atoms with E-state index < -0.39 is 36.4 Å². The summed E-state index contributed by atoms with van der Waals surface area (Å²) in [4.78, 5) is 24.7. The standard InChI is InChI=1S/C20H24N2O8/c1-9-13(11(3)29-21-9)5-17(23)27-15-7-25-20-16(8-26-19(15)20)28-18(24)6-14-10(2)22-30-12(14)4/h15-16,19-20H,5-8H2,1-4H3/t15-,16+,19-,20-/m1/s1. The van der Waals surface area contributed by atoms with Gasteiger partial charge in [-0.05, 0) is 27.7 Å². The Balaban J connectivity index is 1.31. The van der Waals surface area contributed by atoms with Crippen LogP contribution in [0.15, 0.2) is 9.05 Å². The highest BCUT2D eigenvalue weighted by molar-refractivity contribution is 5.74. The monoisotopic (exact) mass is 420 g/mol. The minimum atomic E-state index is -0.561. The first kappa shape index (κ1) is 20.5. The van der Waals surface area contributed by atoms with Crippen molar-refractivity contribution in [3.05, 3.63) is 34.0 Å². The zero-order valence-electron chi connectivity index (χ0n) is 17.3. The Bertz CT molecular complexity index is 834. The number of hydrogen-bond donors (Lipinski definition) is 0. The largest absolute Gasteiger partial charge is 0.457 e. The lowest BCUT2D eigenvalue weighted by Gasteiger charge is -2.17. The molecule has 4 heterocycles. The van der Waals surface area contributed by atoms with Crippen molar-refractivity contribution in [1.29, 1.82) is 0 Å². The summed E-state index contributed by atoms with van der Waals surface area (Å²) in [6, 6.07) is 0. The first-order valence-corrected chi connectivity index (χ1v) is 9.79. The average Bonchev–Trinajstić information content (AvgIpc) is 3.43. The van der Waals surface area contributed by atoms with Gasteiger partial charge in [-0.15, -0.1) is 0 Å². The maximum atomic E-state index is 12.4. The lowest BCUT2D eigenvalue weighted by atomic mass is 10.1. The second kappa shape index (κ2) is 8.19. The molecule has 2 aliphatic heterocycles. The van der Waals surface area contributed by atoms with E-state index >= 15 is 0 Å². The Morgan fingerprint density at radius 2 is 1.20 bits per heavy atom. The molecule has 0 spiro atoms. The van der Waals surface area contributed by atoms with Crippen LogP contribution < -0.4 is 0 Å². The molecule has 0 bridgehead atoms. The van der Waals surface area contributed by atoms with Gasteiger partial charge >= 0.3 is 11.9 Å². The average molecular weight is 420 g/mol. The number of ether oxygens (including phenoxy) is 4. The molecule has 2 aromatic heterocycles. The van der Waals surface area contributed by atoms with Crippen molar-refractivity contribution >= 4 is 11.9 Å². The van der Waals surface area contributed by atoms with Crippen LogP contribution in [0.2, 0.25) is 0 Å². The molecule has 10 heteroatoms. The highest BCUT2D eigenvalue weighted by Gasteiger charge is 2.51. The molecular formula is C20H24N2O8. The quantitative estimate of drug-likeness (QED) is 0.632. The molecule has 0 radical (unpaired) electrons. The van der Waals surface area contributed by atoms with Crippen LogP contribution in [0, 0.1) is 27.7 Å². The van der Waals surface area contributed by atoms with Gasteiger partial charge < -0.3 is 28.0 Å². The van der Waals surface area contributed by atoms with Crippen molar-refractivity contribution < 1.29 is 37.6 Å². The predicted octanol–water partition coefficient (Wildman–Crippen LogP) is 1.30. The summed E-state index contributed by atoms with van der Waals surface area (Å²) in [6.45, 7) is 7.41. The summed E-state index contributed by atoms with van der Waals surface area (Å²) in [5.41, 5.74) is 2.75. The minimum absolute atomic E-state index is 0.0604. The van der Waals surface area contributed by atoms with Crippen LogP contribution in [0.5, 0.6) is 0 Å². The van der Waals surface area contributed by atoms with Crippen molar-refractivity contribution in [3.63, 3.8) is 0 Å². The van der Waals surface area contributed by atoms with E-state index in [0.717, 1.165) is 0 Å². The number of rotatable bonds is 6. The lowest BCUT2D eigenvalue weighted by molar-refractivity contribution is -0.154. The third-order valence-electron chi connectivity index (χ3n) is 5.53. The van der Waals surface area contributed by atoms with Crippen LogP contribution >= 0.6 is 0 Å². The highest BCUT2D eigenvalue weighted by Crippen LogP contribution is 2.31. The lowest BCUT2D eigenvalue weighted by Crippen LogP contribution is -2.36. The summed E-state index contributed by atoms with van der Waals surface area (Å²) in [5, 5.41) is 7.68. The Labute approximate surface area is 172 Å². The number of aromatic nitrogens is 2. The molecule has 10 nitrogen and oxygen atoms in total. The zero-order valence-corrected chi connectivity index (χ0v) is 17.3. The fourth-order valence-electron chi connectivity index (χ4n) is 3.85. The van der Waals surface area contributed by atoms with Crippen LogP contribution in [0.25, 0.3) is 0 Å². The number of carbonyl (C=O) groups excluding carboxylic acids is 2. The Hall–Kier alpha value is -2.72. The number of esters is 2. The number of aryl methyl sites for hydroxylation is 4. The van der Waals surface area contributed by atoms with Gasteiger partial charge in [-0.25, -0.2) is 0 Å². The van der Waals surface area contributed by atoms with Gasteiger partial charge in [-0.2, -0.15) is 0 Å². The van der Waals surface area contributed by atoms with Crippen molar-refractivity contribution in [2.45, 2.75) is 65.0 Å². The second-order valence-corrected chi connectivity index (χ2v) is 7.61. The first-order valence-electron chi connectivity index (χ1n) is 9.79. The van der Waals surface area contributed by atoms with Gasteiger partial charge in [0.25, 0.3) is 0 Å². The SMILES string of the molecule is Cc1noc(C)c1CC(=O)O[C@H]1CO[C@H]2[C@@H]1OC[C@H]2OC(=O)Cc1c(C)noc1C. The number of fused-ring (bicyclic) bond motifs is 1. The van der Waals surface area contributed by atoms with Crippen LogP contribution in [0.4, 0.5) is 0 Å². The van der Waals surface area contributed by atoms with Crippen LogP contribution in [-0.4, -0.2) is 59.9 Å². The molecule has 0 aliphatic carbocycles. The van der Waals surface area contributed by atoms with E-state index in [0.29, 0.717) is 34.0 Å². The molecule has 2 aliphatic rings. The number of carbonyl (C=O) groups is 2. The van der Waals surface area contributed by atoms with Crippen LogP contribution in [0.3, 0.4) is 0 Å². The van der Waals surface area contributed by atoms with Crippen molar-refractivity contribution in [3.8, 4) is 0 Å². The second-order valence-electron chi connectivity index (χ2n) is 7.61. The summed E-state index contributed by atoms with van der Waals surface area (Å²) >= 11 is 0. The molecule has 0 amide bonds. The first-order chi connectivity index (χ1) is 14.3. The van der Waals surface area contributed by atoms with Gasteiger partial charge in [0.05, 0.1) is 37.4 Å². The molecule has 4 rings (SSSR count). The molecule has 0 aromatic carbocycles. The molecule has 162 valence electrons. The molecule has 2 saturated heterocycles. The highest BCUT2D eigenvalue weighted by atomic mass is 16.7. The van der Waals surface area contributed by atoms with Gasteiger partial charge in [-0.1, -0.05) is 10.3 Å². The molecular weight excluding hydrogens is 396 g/mol. The Kier molecular flexibility index (Phi) is 5.61. The van der Waals surface area contributed by atoms with Gasteiger partial charge in [-0.3, -0.25) is 9.59 Å². The smallest absolute Gasteiger partial charge is 0.310 e. The van der Waals surface area contributed by atoms with Crippen molar-refractivity contribution in [1.82, 2.24) is 10.3 Å². The molecule has 2 fully saturated rings. The number of hydrogen-bond acceptors (Lipinski definition) is 10. The van der Waals surface area contributed by atoms with Gasteiger partial charge in [0, 0.05) is 11.1 Å². The van der Waals surface area contributed by atoms with E-state index in [1.165, 1.54) is 0 Å². The third kappa shape index (κ3) is 3.97. The van der Waals surface area contributed by atoms with Gasteiger partial charge in [0.15, 0.2) is 12.2 Å². The van der Waals surface area contributed by atoms with Gasteiger partial charge in [0.1, 0.15) is 23.7 Å². The predicted molar refractivity (Wildman–Crippen MR) is 98.6 cm³/mol. The Morgan fingerprint density at radius 3 is 1.53 bits per heavy atom. The summed E-state index contributed by atoms with van der Waals surface area (Å²) in [7, 11) is 0. The zero-order chi connectivity index (χ0) is 21.4. The van der Waals surface area contributed by atoms with Crippen molar-refractivity contribution in [2.75, 3.05) is 13.2 Å². The number of nitrogens with zero attached hydrogens (tertiary/aromatic N) is 2. The van der Waals surface area contributed by atoms with E-state index in [9.17, 15) is 9.59 Å². The van der Waals surface area contributed by atoms with Crippen LogP contribution in [-0.2, 0) is 41.4 Å². The molecule has 0 unspecified atom stereocenters. The van der Waals surface area contributed by atoms with Crippen LogP contribution in [0.1, 0.15) is 34.0 Å². The summed E-state index contributed by atoms with van der Waals surface area (Å²) in [6.07, 6.45) is -1.95. The summed E-state index contributed by atoms with van der Waals surface area (Å²) < 4.78 is 32.7. The molecule has 2 aromatic rings. The van der Waals surface area contributed by atoms with E-state index in [1.807, 2.05) is 0 Å². The summed E-state index contributed by atoms with van der Waals surface area (Å²) in [5.74, 6) is 0.349. The molecule has 0 saturated carbocycles. The van der Waals surface area contributed by atoms with Crippen molar-refractivity contribution in [2.24, 2.45) is 0 Å².